The number of rotatable bonds is 6. The number of anilines is 3. The molecule has 0 bridgehead atoms. The average molecular weight is 690 g/mol. The van der Waals surface area contributed by atoms with E-state index in [2.05, 4.69) is 219 Å². The fraction of sp³-hybridized carbons (Fsp3) is 0.0566. The summed E-state index contributed by atoms with van der Waals surface area (Å²) < 4.78 is 0. The molecule has 54 heavy (non-hydrogen) atoms. The molecule has 0 atom stereocenters. The van der Waals surface area contributed by atoms with Gasteiger partial charge in [0.1, 0.15) is 0 Å². The zero-order chi connectivity index (χ0) is 36.2. The maximum absolute atomic E-state index is 2.45. The highest BCUT2D eigenvalue weighted by Gasteiger charge is 2.37. The standard InChI is InChI=1S/C53H39N/c1-53(2)49-22-9-8-19-47(49)52-50(53)23-12-24-51(52)54(43-33-29-40(30-34-43)45-20-10-16-38-15-6-7-18-44(38)45)42-31-27-36(28-32-42)41-26-25-39-17-11-21-46(48(39)35-41)37-13-4-3-5-14-37/h3-35H,1-2H3. The third-order valence-electron chi connectivity index (χ3n) is 11.5. The molecule has 1 aliphatic carbocycles. The Balaban J connectivity index is 1.10. The minimum Gasteiger partial charge on any atom is -0.310 e. The van der Waals surface area contributed by atoms with Crippen LogP contribution in [0.5, 0.6) is 0 Å². The Kier molecular flexibility index (Phi) is 7.56. The van der Waals surface area contributed by atoms with E-state index in [1.165, 1.54) is 82.9 Å². The predicted octanol–water partition coefficient (Wildman–Crippen LogP) is 14.8. The van der Waals surface area contributed by atoms with Crippen molar-refractivity contribution >= 4 is 38.6 Å². The normalized spacial score (nSPS) is 12.8. The number of hydrogen-bond acceptors (Lipinski definition) is 1. The molecule has 9 aromatic carbocycles. The minimum absolute atomic E-state index is 0.0929. The van der Waals surface area contributed by atoms with Crippen molar-refractivity contribution in [1.29, 1.82) is 0 Å². The molecule has 9 aromatic rings. The van der Waals surface area contributed by atoms with E-state index in [1.807, 2.05) is 0 Å². The van der Waals surface area contributed by atoms with Crippen molar-refractivity contribution < 1.29 is 0 Å². The highest BCUT2D eigenvalue weighted by molar-refractivity contribution is 6.00. The van der Waals surface area contributed by atoms with E-state index >= 15 is 0 Å². The van der Waals surface area contributed by atoms with E-state index in [4.69, 9.17) is 0 Å². The highest BCUT2D eigenvalue weighted by Crippen LogP contribution is 2.54. The van der Waals surface area contributed by atoms with Crippen molar-refractivity contribution in [3.63, 3.8) is 0 Å². The van der Waals surface area contributed by atoms with Gasteiger partial charge in [-0.3, -0.25) is 0 Å². The van der Waals surface area contributed by atoms with E-state index in [1.54, 1.807) is 0 Å². The van der Waals surface area contributed by atoms with Crippen LogP contribution in [0.25, 0.3) is 66.1 Å². The summed E-state index contributed by atoms with van der Waals surface area (Å²) in [7, 11) is 0. The van der Waals surface area contributed by atoms with Crippen LogP contribution in [0, 0.1) is 0 Å². The Hall–Kier alpha value is -6.70. The summed E-state index contributed by atoms with van der Waals surface area (Å²) in [5.74, 6) is 0. The lowest BCUT2D eigenvalue weighted by Crippen LogP contribution is -2.16. The molecule has 0 radical (unpaired) electrons. The van der Waals surface area contributed by atoms with Gasteiger partial charge in [0.05, 0.1) is 5.69 Å². The van der Waals surface area contributed by atoms with Gasteiger partial charge in [-0.1, -0.05) is 178 Å². The maximum Gasteiger partial charge on any atom is 0.0543 e. The largest absolute Gasteiger partial charge is 0.310 e. The first-order chi connectivity index (χ1) is 26.5. The molecule has 1 nitrogen and oxygen atoms in total. The topological polar surface area (TPSA) is 3.24 Å². The van der Waals surface area contributed by atoms with E-state index in [-0.39, 0.29) is 5.41 Å². The Bertz CT molecular complexity index is 2820. The Morgan fingerprint density at radius 1 is 0.352 bits per heavy atom. The van der Waals surface area contributed by atoms with Crippen LogP contribution in [0.3, 0.4) is 0 Å². The SMILES string of the molecule is CC1(C)c2ccccc2-c2c(N(c3ccc(-c4ccc5cccc(-c6ccccc6)c5c4)cc3)c3ccc(-c4cccc5ccccc45)cc3)cccc21. The second-order valence-electron chi connectivity index (χ2n) is 14.9. The molecular weight excluding hydrogens is 651 g/mol. The van der Waals surface area contributed by atoms with E-state index in [0.717, 1.165) is 11.4 Å². The second kappa shape index (κ2) is 12.8. The average Bonchev–Trinajstić information content (AvgIpc) is 3.47. The molecule has 0 saturated carbocycles. The van der Waals surface area contributed by atoms with E-state index in [0.29, 0.717) is 0 Å². The monoisotopic (exact) mass is 689 g/mol. The second-order valence-corrected chi connectivity index (χ2v) is 14.9. The van der Waals surface area contributed by atoms with Crippen molar-refractivity contribution in [2.45, 2.75) is 19.3 Å². The molecule has 1 heteroatoms. The maximum atomic E-state index is 2.45. The van der Waals surface area contributed by atoms with Crippen LogP contribution in [0.1, 0.15) is 25.0 Å². The van der Waals surface area contributed by atoms with E-state index < -0.39 is 0 Å². The molecule has 0 aliphatic heterocycles. The lowest BCUT2D eigenvalue weighted by molar-refractivity contribution is 0.660. The third kappa shape index (κ3) is 5.24. The zero-order valence-electron chi connectivity index (χ0n) is 30.5. The lowest BCUT2D eigenvalue weighted by atomic mass is 9.82. The first kappa shape index (κ1) is 32.0. The first-order valence-electron chi connectivity index (χ1n) is 18.8. The number of nitrogens with zero attached hydrogens (tertiary/aromatic N) is 1. The van der Waals surface area contributed by atoms with Gasteiger partial charge in [-0.25, -0.2) is 0 Å². The molecule has 1 aliphatic rings. The van der Waals surface area contributed by atoms with Gasteiger partial charge in [0, 0.05) is 22.4 Å². The first-order valence-corrected chi connectivity index (χ1v) is 18.8. The summed E-state index contributed by atoms with van der Waals surface area (Å²) in [6.07, 6.45) is 0. The van der Waals surface area contributed by atoms with Crippen molar-refractivity contribution in [2.24, 2.45) is 0 Å². The Morgan fingerprint density at radius 3 is 1.63 bits per heavy atom. The van der Waals surface area contributed by atoms with Gasteiger partial charge in [-0.15, -0.1) is 0 Å². The lowest BCUT2D eigenvalue weighted by Gasteiger charge is -2.29. The number of benzene rings is 9. The fourth-order valence-corrected chi connectivity index (χ4v) is 8.74. The van der Waals surface area contributed by atoms with Gasteiger partial charge in [0.15, 0.2) is 0 Å². The molecule has 0 aromatic heterocycles. The Morgan fingerprint density at radius 2 is 0.870 bits per heavy atom. The zero-order valence-corrected chi connectivity index (χ0v) is 30.5. The van der Waals surface area contributed by atoms with Crippen LogP contribution >= 0.6 is 0 Å². The van der Waals surface area contributed by atoms with Crippen LogP contribution in [0.4, 0.5) is 17.1 Å². The summed E-state index contributed by atoms with van der Waals surface area (Å²) in [5, 5.41) is 5.03. The number of fused-ring (bicyclic) bond motifs is 5. The van der Waals surface area contributed by atoms with Gasteiger partial charge in [-0.05, 0) is 108 Å². The molecule has 0 fully saturated rings. The van der Waals surface area contributed by atoms with Crippen LogP contribution in [0.2, 0.25) is 0 Å². The predicted molar refractivity (Wildman–Crippen MR) is 230 cm³/mol. The summed E-state index contributed by atoms with van der Waals surface area (Å²) in [5.41, 5.74) is 16.1. The molecule has 0 unspecified atom stereocenters. The Labute approximate surface area is 317 Å². The quantitative estimate of drug-likeness (QED) is 0.168. The summed E-state index contributed by atoms with van der Waals surface area (Å²) in [6, 6.07) is 73.3. The molecule has 0 saturated heterocycles. The van der Waals surface area contributed by atoms with Gasteiger partial charge in [0.25, 0.3) is 0 Å². The minimum atomic E-state index is -0.0929. The molecule has 0 amide bonds. The van der Waals surface area contributed by atoms with Gasteiger partial charge in [-0.2, -0.15) is 0 Å². The summed E-state index contributed by atoms with van der Waals surface area (Å²) in [4.78, 5) is 2.45. The van der Waals surface area contributed by atoms with Gasteiger partial charge >= 0.3 is 0 Å². The van der Waals surface area contributed by atoms with Gasteiger partial charge in [0.2, 0.25) is 0 Å². The highest BCUT2D eigenvalue weighted by atomic mass is 15.1. The molecule has 0 heterocycles. The molecule has 256 valence electrons. The van der Waals surface area contributed by atoms with Crippen LogP contribution in [-0.4, -0.2) is 0 Å². The van der Waals surface area contributed by atoms with Crippen molar-refractivity contribution in [3.8, 4) is 44.5 Å². The molecular formula is C53H39N. The van der Waals surface area contributed by atoms with Crippen molar-refractivity contribution in [1.82, 2.24) is 0 Å². The smallest absolute Gasteiger partial charge is 0.0543 e. The summed E-state index contributed by atoms with van der Waals surface area (Å²) >= 11 is 0. The molecule has 0 spiro atoms. The fourth-order valence-electron chi connectivity index (χ4n) is 8.74. The third-order valence-corrected chi connectivity index (χ3v) is 11.5. The van der Waals surface area contributed by atoms with Crippen LogP contribution in [-0.2, 0) is 5.41 Å². The number of hydrogen-bond donors (Lipinski definition) is 0. The van der Waals surface area contributed by atoms with Gasteiger partial charge < -0.3 is 4.90 Å². The molecule has 10 rings (SSSR count). The van der Waals surface area contributed by atoms with E-state index in [9.17, 15) is 0 Å². The van der Waals surface area contributed by atoms with Crippen molar-refractivity contribution in [3.05, 3.63) is 211 Å². The van der Waals surface area contributed by atoms with Crippen LogP contribution in [0.15, 0.2) is 200 Å². The van der Waals surface area contributed by atoms with Crippen LogP contribution < -0.4 is 4.90 Å². The summed E-state index contributed by atoms with van der Waals surface area (Å²) in [6.45, 7) is 4.71. The van der Waals surface area contributed by atoms with Crippen molar-refractivity contribution in [2.75, 3.05) is 4.90 Å². The molecule has 0 N–H and O–H groups in total.